The van der Waals surface area contributed by atoms with E-state index in [1.165, 1.54) is 6.92 Å². The standard InChI is InChI=1S/C14H10BF5O/c1-5-7(3-6(16)4-8(5)17)9-11(18)12(19)10(15)13(20)14(9)21-2/h3-4H,15H2,1-2H3. The molecule has 0 saturated carbocycles. The number of benzene rings is 2. The molecule has 0 unspecified atom stereocenters. The van der Waals surface area contributed by atoms with Crippen molar-refractivity contribution in [1.82, 2.24) is 0 Å². The molecule has 2 rings (SSSR count). The van der Waals surface area contributed by atoms with Crippen LogP contribution in [0.1, 0.15) is 5.56 Å². The van der Waals surface area contributed by atoms with Gasteiger partial charge in [-0.3, -0.25) is 0 Å². The molecule has 0 bridgehead atoms. The van der Waals surface area contributed by atoms with Crippen molar-refractivity contribution in [3.8, 4) is 16.9 Å². The third-order valence-corrected chi connectivity index (χ3v) is 3.28. The number of hydrogen-bond acceptors (Lipinski definition) is 1. The minimum absolute atomic E-state index is 0.142. The Kier molecular flexibility index (Phi) is 3.94. The summed E-state index contributed by atoms with van der Waals surface area (Å²) in [5.74, 6) is -6.50. The molecule has 0 aromatic heterocycles. The molecule has 110 valence electrons. The van der Waals surface area contributed by atoms with Gasteiger partial charge in [0.2, 0.25) is 0 Å². The molecule has 0 aliphatic carbocycles. The van der Waals surface area contributed by atoms with Gasteiger partial charge >= 0.3 is 0 Å². The summed E-state index contributed by atoms with van der Waals surface area (Å²) >= 11 is 0. The highest BCUT2D eigenvalue weighted by Crippen LogP contribution is 2.38. The van der Waals surface area contributed by atoms with Crippen molar-refractivity contribution >= 4 is 13.3 Å². The second-order valence-electron chi connectivity index (χ2n) is 4.54. The molecule has 2 aromatic rings. The molecule has 0 heterocycles. The molecule has 0 atom stereocenters. The van der Waals surface area contributed by atoms with Gasteiger partial charge in [-0.2, -0.15) is 0 Å². The van der Waals surface area contributed by atoms with Gasteiger partial charge in [0.15, 0.2) is 23.2 Å². The molecule has 21 heavy (non-hydrogen) atoms. The van der Waals surface area contributed by atoms with E-state index in [1.807, 2.05) is 0 Å². The minimum atomic E-state index is -1.42. The van der Waals surface area contributed by atoms with Crippen molar-refractivity contribution in [2.45, 2.75) is 6.92 Å². The highest BCUT2D eigenvalue weighted by Gasteiger charge is 2.26. The van der Waals surface area contributed by atoms with Crippen molar-refractivity contribution in [2.75, 3.05) is 7.11 Å². The van der Waals surface area contributed by atoms with Gasteiger partial charge in [-0.15, -0.1) is 0 Å². The summed E-state index contributed by atoms with van der Waals surface area (Å²) in [6, 6.07) is 1.40. The maximum atomic E-state index is 14.2. The van der Waals surface area contributed by atoms with Crippen LogP contribution in [0.2, 0.25) is 0 Å². The molecule has 0 amide bonds. The first kappa shape index (κ1) is 15.3. The predicted octanol–water partition coefficient (Wildman–Crippen LogP) is 2.62. The number of ether oxygens (including phenoxy) is 1. The van der Waals surface area contributed by atoms with Crippen molar-refractivity contribution in [3.05, 3.63) is 46.8 Å². The molecule has 0 spiro atoms. The summed E-state index contributed by atoms with van der Waals surface area (Å²) in [6.07, 6.45) is 0. The Hall–Kier alpha value is -2.05. The Morgan fingerprint density at radius 3 is 2.14 bits per heavy atom. The van der Waals surface area contributed by atoms with E-state index in [2.05, 4.69) is 0 Å². The molecule has 1 nitrogen and oxygen atoms in total. The van der Waals surface area contributed by atoms with E-state index in [0.29, 0.717) is 6.07 Å². The SMILES string of the molecule is Bc1c(F)c(F)c(-c2cc(F)cc(F)c2C)c(OC)c1F. The van der Waals surface area contributed by atoms with Crippen LogP contribution in [0.3, 0.4) is 0 Å². The Bertz CT molecular complexity index is 730. The van der Waals surface area contributed by atoms with E-state index in [0.717, 1.165) is 21.0 Å². The lowest BCUT2D eigenvalue weighted by molar-refractivity contribution is 0.381. The van der Waals surface area contributed by atoms with Gasteiger partial charge in [-0.25, -0.2) is 22.0 Å². The van der Waals surface area contributed by atoms with E-state index in [-0.39, 0.29) is 11.1 Å². The quantitative estimate of drug-likeness (QED) is 0.471. The van der Waals surface area contributed by atoms with E-state index in [4.69, 9.17) is 4.74 Å². The minimum Gasteiger partial charge on any atom is -0.493 e. The zero-order chi connectivity index (χ0) is 15.9. The van der Waals surface area contributed by atoms with E-state index in [9.17, 15) is 22.0 Å². The van der Waals surface area contributed by atoms with Gasteiger partial charge in [0.25, 0.3) is 0 Å². The van der Waals surface area contributed by atoms with E-state index in [1.54, 1.807) is 0 Å². The van der Waals surface area contributed by atoms with E-state index >= 15 is 0 Å². The average molecular weight is 300 g/mol. The summed E-state index contributed by atoms with van der Waals surface area (Å²) in [5.41, 5.74) is -1.66. The zero-order valence-corrected chi connectivity index (χ0v) is 11.5. The Morgan fingerprint density at radius 2 is 1.57 bits per heavy atom. The highest BCUT2D eigenvalue weighted by molar-refractivity contribution is 6.33. The smallest absolute Gasteiger partial charge is 0.170 e. The van der Waals surface area contributed by atoms with Gasteiger partial charge in [0.05, 0.1) is 12.7 Å². The van der Waals surface area contributed by atoms with Gasteiger partial charge in [0.1, 0.15) is 19.5 Å². The molecular weight excluding hydrogens is 290 g/mol. The van der Waals surface area contributed by atoms with Crippen LogP contribution in [0, 0.1) is 36.0 Å². The van der Waals surface area contributed by atoms with Crippen LogP contribution in [0.25, 0.3) is 11.1 Å². The lowest BCUT2D eigenvalue weighted by Crippen LogP contribution is -2.19. The second kappa shape index (κ2) is 5.39. The summed E-state index contributed by atoms with van der Waals surface area (Å²) in [7, 11) is 2.10. The molecule has 0 aliphatic heterocycles. The lowest BCUT2D eigenvalue weighted by atomic mass is 9.89. The van der Waals surface area contributed by atoms with Crippen LogP contribution in [-0.2, 0) is 0 Å². The number of methoxy groups -OCH3 is 1. The van der Waals surface area contributed by atoms with Crippen LogP contribution in [0.4, 0.5) is 22.0 Å². The van der Waals surface area contributed by atoms with E-state index < -0.39 is 45.9 Å². The maximum Gasteiger partial charge on any atom is 0.170 e. The number of halogens is 5. The Labute approximate surface area is 118 Å². The van der Waals surface area contributed by atoms with Crippen LogP contribution in [0.15, 0.2) is 12.1 Å². The normalized spacial score (nSPS) is 10.8. The number of hydrogen-bond donors (Lipinski definition) is 0. The first-order valence-corrected chi connectivity index (χ1v) is 5.96. The first-order valence-electron chi connectivity index (χ1n) is 5.96. The predicted molar refractivity (Wildman–Crippen MR) is 71.1 cm³/mol. The second-order valence-corrected chi connectivity index (χ2v) is 4.54. The molecule has 7 heteroatoms. The highest BCUT2D eigenvalue weighted by atomic mass is 19.2. The lowest BCUT2D eigenvalue weighted by Gasteiger charge is -2.16. The van der Waals surface area contributed by atoms with Crippen LogP contribution < -0.4 is 10.2 Å². The molecule has 0 aliphatic rings. The average Bonchev–Trinajstić information content (AvgIpc) is 2.44. The summed E-state index contributed by atoms with van der Waals surface area (Å²) in [6.45, 7) is 1.25. The van der Waals surface area contributed by atoms with Crippen molar-refractivity contribution in [1.29, 1.82) is 0 Å². The van der Waals surface area contributed by atoms with Crippen LogP contribution in [0.5, 0.6) is 5.75 Å². The van der Waals surface area contributed by atoms with Gasteiger partial charge < -0.3 is 4.74 Å². The maximum absolute atomic E-state index is 14.2. The molecular formula is C14H10BF5O. The largest absolute Gasteiger partial charge is 0.493 e. The third-order valence-electron chi connectivity index (χ3n) is 3.28. The summed E-state index contributed by atoms with van der Waals surface area (Å²) < 4.78 is 73.6. The Balaban J connectivity index is 2.94. The topological polar surface area (TPSA) is 9.23 Å². The van der Waals surface area contributed by atoms with Gasteiger partial charge in [-0.05, 0) is 29.6 Å². The molecule has 0 radical (unpaired) electrons. The summed E-state index contributed by atoms with van der Waals surface area (Å²) in [4.78, 5) is 0. The fourth-order valence-corrected chi connectivity index (χ4v) is 2.09. The molecule has 0 fully saturated rings. The molecule has 2 aromatic carbocycles. The Morgan fingerprint density at radius 1 is 0.952 bits per heavy atom. The van der Waals surface area contributed by atoms with Crippen molar-refractivity contribution < 1.29 is 26.7 Å². The first-order chi connectivity index (χ1) is 9.79. The fraction of sp³-hybridized carbons (Fsp3) is 0.143. The zero-order valence-electron chi connectivity index (χ0n) is 11.5. The third kappa shape index (κ3) is 2.37. The van der Waals surface area contributed by atoms with Gasteiger partial charge in [0, 0.05) is 6.07 Å². The van der Waals surface area contributed by atoms with Crippen LogP contribution >= 0.6 is 0 Å². The molecule has 0 saturated heterocycles. The monoisotopic (exact) mass is 300 g/mol. The fourth-order valence-electron chi connectivity index (χ4n) is 2.09. The van der Waals surface area contributed by atoms with Crippen molar-refractivity contribution in [3.63, 3.8) is 0 Å². The van der Waals surface area contributed by atoms with Gasteiger partial charge in [-0.1, -0.05) is 0 Å². The van der Waals surface area contributed by atoms with Crippen LogP contribution in [-0.4, -0.2) is 15.0 Å². The number of rotatable bonds is 2. The molecule has 0 N–H and O–H groups in total. The van der Waals surface area contributed by atoms with Crippen molar-refractivity contribution in [2.24, 2.45) is 0 Å². The summed E-state index contributed by atoms with van der Waals surface area (Å²) in [5, 5.41) is 0.